The fourth-order valence-electron chi connectivity index (χ4n) is 3.36. The monoisotopic (exact) mass is 312 g/mol. The van der Waals surface area contributed by atoms with Crippen LogP contribution in [0.2, 0.25) is 0 Å². The number of nitrogens with zero attached hydrogens (tertiary/aromatic N) is 2. The van der Waals surface area contributed by atoms with Gasteiger partial charge in [0, 0.05) is 10.9 Å². The molecule has 114 valence electrons. The molecule has 2 nitrogen and oxygen atoms in total. The summed E-state index contributed by atoms with van der Waals surface area (Å²) in [5, 5.41) is 0.618. The zero-order chi connectivity index (χ0) is 16.1. The summed E-state index contributed by atoms with van der Waals surface area (Å²) in [7, 11) is 0. The fraction of sp³-hybridized carbons (Fsp3) is 0. The number of halogens is 1. The van der Waals surface area contributed by atoms with Gasteiger partial charge in [0.25, 0.3) is 0 Å². The Hall–Kier alpha value is -3.20. The smallest absolute Gasteiger partial charge is 0.132 e. The lowest BCUT2D eigenvalue weighted by Crippen LogP contribution is -1.95. The van der Waals surface area contributed by atoms with Crippen LogP contribution in [0.15, 0.2) is 78.9 Å². The minimum atomic E-state index is -0.209. The topological polar surface area (TPSA) is 17.3 Å². The predicted molar refractivity (Wildman–Crippen MR) is 95.6 cm³/mol. The molecule has 0 fully saturated rings. The molecule has 0 unspecified atom stereocenters. The highest BCUT2D eigenvalue weighted by atomic mass is 19.1. The lowest BCUT2D eigenvalue weighted by Gasteiger charge is -2.09. The van der Waals surface area contributed by atoms with Crippen LogP contribution in [0.4, 0.5) is 4.39 Å². The molecular weight excluding hydrogens is 299 g/mol. The molecule has 0 aliphatic carbocycles. The lowest BCUT2D eigenvalue weighted by atomic mass is 10.1. The van der Waals surface area contributed by atoms with E-state index in [1.165, 1.54) is 6.07 Å². The maximum Gasteiger partial charge on any atom is 0.132 e. The van der Waals surface area contributed by atoms with Crippen molar-refractivity contribution in [3.05, 3.63) is 84.7 Å². The highest BCUT2D eigenvalue weighted by Gasteiger charge is 2.15. The number of hydrogen-bond acceptors (Lipinski definition) is 1. The van der Waals surface area contributed by atoms with Gasteiger partial charge in [-0.1, -0.05) is 48.5 Å². The van der Waals surface area contributed by atoms with E-state index in [1.807, 2.05) is 66.7 Å². The van der Waals surface area contributed by atoms with Crippen LogP contribution in [0.3, 0.4) is 0 Å². The van der Waals surface area contributed by atoms with Gasteiger partial charge in [-0.15, -0.1) is 0 Å². The molecule has 3 heteroatoms. The van der Waals surface area contributed by atoms with Crippen LogP contribution in [-0.2, 0) is 0 Å². The largest absolute Gasteiger partial charge is 0.305 e. The average molecular weight is 312 g/mol. The van der Waals surface area contributed by atoms with Gasteiger partial charge in [-0.3, -0.25) is 0 Å². The van der Waals surface area contributed by atoms with Crippen LogP contribution in [0.5, 0.6) is 0 Å². The summed E-state index contributed by atoms with van der Waals surface area (Å²) in [4.78, 5) is 4.86. The average Bonchev–Trinajstić information content (AvgIpc) is 3.03. The molecule has 0 saturated carbocycles. The lowest BCUT2D eigenvalue weighted by molar-refractivity contribution is 0.640. The normalized spacial score (nSPS) is 11.5. The van der Waals surface area contributed by atoms with Crippen LogP contribution in [0.25, 0.3) is 38.7 Å². The highest BCUT2D eigenvalue weighted by Crippen LogP contribution is 2.32. The van der Waals surface area contributed by atoms with E-state index in [9.17, 15) is 4.39 Å². The van der Waals surface area contributed by atoms with Gasteiger partial charge in [0.2, 0.25) is 0 Å². The Morgan fingerprint density at radius 2 is 1.46 bits per heavy atom. The quantitative estimate of drug-likeness (QED) is 0.402. The van der Waals surface area contributed by atoms with Crippen LogP contribution >= 0.6 is 0 Å². The molecule has 5 aromatic rings. The summed E-state index contributed by atoms with van der Waals surface area (Å²) in [5.41, 5.74) is 5.54. The van der Waals surface area contributed by atoms with E-state index >= 15 is 0 Å². The fourth-order valence-corrected chi connectivity index (χ4v) is 3.36. The van der Waals surface area contributed by atoms with Gasteiger partial charge in [-0.05, 0) is 30.3 Å². The summed E-state index contributed by atoms with van der Waals surface area (Å²) >= 11 is 0. The standard InChI is InChI=1S/C21H13FN2/c22-16-9-6-12-18-15(16)13-20-21(14-7-2-1-3-8-14)23-17-10-4-5-11-19(17)24(18)20/h1-13H. The summed E-state index contributed by atoms with van der Waals surface area (Å²) in [6, 6.07) is 25.1. The predicted octanol–water partition coefficient (Wildman–Crippen LogP) is 5.45. The molecule has 3 aromatic carbocycles. The Bertz CT molecular complexity index is 1210. The third-order valence-electron chi connectivity index (χ3n) is 4.44. The summed E-state index contributed by atoms with van der Waals surface area (Å²) in [6.07, 6.45) is 0. The number of benzene rings is 3. The number of para-hydroxylation sites is 2. The summed E-state index contributed by atoms with van der Waals surface area (Å²) < 4.78 is 16.4. The Balaban J connectivity index is 2.06. The molecule has 0 saturated heterocycles. The molecule has 24 heavy (non-hydrogen) atoms. The van der Waals surface area contributed by atoms with E-state index in [-0.39, 0.29) is 5.82 Å². The second-order valence-corrected chi connectivity index (χ2v) is 5.85. The second-order valence-electron chi connectivity index (χ2n) is 5.85. The van der Waals surface area contributed by atoms with Crippen LogP contribution in [-0.4, -0.2) is 9.38 Å². The Morgan fingerprint density at radius 3 is 2.33 bits per heavy atom. The molecule has 5 rings (SSSR count). The minimum absolute atomic E-state index is 0.209. The number of fused-ring (bicyclic) bond motifs is 5. The molecule has 0 amide bonds. The molecule has 0 radical (unpaired) electrons. The first-order chi connectivity index (χ1) is 11.8. The minimum Gasteiger partial charge on any atom is -0.305 e. The molecule has 2 aromatic heterocycles. The van der Waals surface area contributed by atoms with E-state index in [0.717, 1.165) is 33.3 Å². The van der Waals surface area contributed by atoms with Crippen molar-refractivity contribution in [1.82, 2.24) is 9.38 Å². The van der Waals surface area contributed by atoms with E-state index in [1.54, 1.807) is 6.07 Å². The zero-order valence-electron chi connectivity index (χ0n) is 12.8. The van der Waals surface area contributed by atoms with Gasteiger partial charge in [0.1, 0.15) is 5.82 Å². The Morgan fingerprint density at radius 1 is 0.708 bits per heavy atom. The van der Waals surface area contributed by atoms with Gasteiger partial charge >= 0.3 is 0 Å². The SMILES string of the molecule is Fc1cccc2c1cc1c(-c3ccccc3)nc3ccccc3n12. The molecule has 0 N–H and O–H groups in total. The van der Waals surface area contributed by atoms with E-state index in [0.29, 0.717) is 5.39 Å². The van der Waals surface area contributed by atoms with E-state index < -0.39 is 0 Å². The first-order valence-electron chi connectivity index (χ1n) is 7.87. The zero-order valence-corrected chi connectivity index (χ0v) is 12.8. The van der Waals surface area contributed by atoms with Crippen molar-refractivity contribution in [2.24, 2.45) is 0 Å². The van der Waals surface area contributed by atoms with E-state index in [2.05, 4.69) is 4.40 Å². The van der Waals surface area contributed by atoms with Crippen molar-refractivity contribution in [2.45, 2.75) is 0 Å². The van der Waals surface area contributed by atoms with Gasteiger partial charge in [0.05, 0.1) is 27.8 Å². The molecule has 0 bridgehead atoms. The van der Waals surface area contributed by atoms with Crippen molar-refractivity contribution in [3.63, 3.8) is 0 Å². The van der Waals surface area contributed by atoms with Gasteiger partial charge < -0.3 is 4.40 Å². The van der Waals surface area contributed by atoms with E-state index in [4.69, 9.17) is 4.98 Å². The number of aromatic nitrogens is 2. The third kappa shape index (κ3) is 1.78. The summed E-state index contributed by atoms with van der Waals surface area (Å²) in [5.74, 6) is -0.209. The van der Waals surface area contributed by atoms with Crippen LogP contribution in [0, 0.1) is 5.82 Å². The number of rotatable bonds is 1. The van der Waals surface area contributed by atoms with Crippen LogP contribution in [0.1, 0.15) is 0 Å². The molecule has 0 spiro atoms. The van der Waals surface area contributed by atoms with Gasteiger partial charge in [0.15, 0.2) is 0 Å². The Labute approximate surface area is 137 Å². The molecular formula is C21H13FN2. The molecule has 0 aliphatic rings. The number of hydrogen-bond donors (Lipinski definition) is 0. The highest BCUT2D eigenvalue weighted by molar-refractivity contribution is 5.98. The van der Waals surface area contributed by atoms with Crippen molar-refractivity contribution < 1.29 is 4.39 Å². The molecule has 0 aliphatic heterocycles. The van der Waals surface area contributed by atoms with Crippen molar-refractivity contribution in [2.75, 3.05) is 0 Å². The maximum absolute atomic E-state index is 14.3. The second kappa shape index (κ2) is 4.90. The van der Waals surface area contributed by atoms with Gasteiger partial charge in [-0.2, -0.15) is 0 Å². The molecule has 2 heterocycles. The van der Waals surface area contributed by atoms with Crippen molar-refractivity contribution in [1.29, 1.82) is 0 Å². The Kier molecular flexibility index (Phi) is 2.71. The van der Waals surface area contributed by atoms with Crippen LogP contribution < -0.4 is 0 Å². The molecule has 0 atom stereocenters. The summed E-state index contributed by atoms with van der Waals surface area (Å²) in [6.45, 7) is 0. The van der Waals surface area contributed by atoms with Gasteiger partial charge in [-0.25, -0.2) is 9.37 Å². The van der Waals surface area contributed by atoms with Crippen molar-refractivity contribution in [3.8, 4) is 11.3 Å². The first kappa shape index (κ1) is 13.3. The maximum atomic E-state index is 14.3. The van der Waals surface area contributed by atoms with Crippen molar-refractivity contribution >= 4 is 27.5 Å². The third-order valence-corrected chi connectivity index (χ3v) is 4.44. The first-order valence-corrected chi connectivity index (χ1v) is 7.87.